The third-order valence-electron chi connectivity index (χ3n) is 15.4. The van der Waals surface area contributed by atoms with Gasteiger partial charge in [-0.1, -0.05) is 81.4 Å². The molecule has 5 aliphatic heterocycles. The summed E-state index contributed by atoms with van der Waals surface area (Å²) in [6.45, 7) is 20.5. The second-order valence-corrected chi connectivity index (χ2v) is 21.4. The number of carbonyl (C=O) groups excluding carboxylic acids is 1. The molecule has 18 atom stereocenters. The summed E-state index contributed by atoms with van der Waals surface area (Å²) in [6.07, 6.45) is -2.08. The molecule has 2 aromatic rings. The Bertz CT molecular complexity index is 2010. The summed E-state index contributed by atoms with van der Waals surface area (Å²) in [5, 5.41) is 12.6. The van der Waals surface area contributed by atoms with Crippen LogP contribution in [0.3, 0.4) is 0 Å². The molecule has 398 valence electrons. The van der Waals surface area contributed by atoms with Crippen LogP contribution in [0.2, 0.25) is 0 Å². The normalized spacial score (nSPS) is 40.3. The maximum atomic E-state index is 15.0. The van der Waals surface area contributed by atoms with Crippen molar-refractivity contribution >= 4 is 11.7 Å². The topological polar surface area (TPSA) is 154 Å². The lowest BCUT2D eigenvalue weighted by Crippen LogP contribution is -2.61. The fourth-order valence-electron chi connectivity index (χ4n) is 11.4. The quantitative estimate of drug-likeness (QED) is 0.171. The van der Waals surface area contributed by atoms with Crippen LogP contribution >= 0.6 is 0 Å². The van der Waals surface area contributed by atoms with Gasteiger partial charge in [-0.2, -0.15) is 0 Å². The van der Waals surface area contributed by atoms with Crippen LogP contribution in [0.1, 0.15) is 106 Å². The number of aliphatic hydroxyl groups is 1. The third kappa shape index (κ3) is 13.9. The highest BCUT2D eigenvalue weighted by molar-refractivity contribution is 5.88. The number of methoxy groups -OCH3 is 2. The van der Waals surface area contributed by atoms with Crippen molar-refractivity contribution in [2.75, 3.05) is 41.5 Å². The molecule has 2 aromatic carbocycles. The molecule has 15 nitrogen and oxygen atoms in total. The van der Waals surface area contributed by atoms with Crippen molar-refractivity contribution in [3.05, 3.63) is 84.1 Å². The molecule has 1 N–H and O–H groups in total. The molecular formula is C56H86N2O13. The van der Waals surface area contributed by atoms with E-state index in [2.05, 4.69) is 32.8 Å². The number of aliphatic imine (C=N–C) groups is 1. The Balaban J connectivity index is 1.49. The summed E-state index contributed by atoms with van der Waals surface area (Å²) in [6, 6.07) is 19.4. The fraction of sp³-hybridized carbons (Fsp3) is 0.714. The molecule has 0 saturated carbocycles. The zero-order valence-corrected chi connectivity index (χ0v) is 45.0. The Morgan fingerprint density at radius 1 is 0.817 bits per heavy atom. The van der Waals surface area contributed by atoms with E-state index in [1.807, 2.05) is 102 Å². The van der Waals surface area contributed by atoms with Gasteiger partial charge >= 0.3 is 5.97 Å². The van der Waals surface area contributed by atoms with E-state index in [1.54, 1.807) is 40.4 Å². The van der Waals surface area contributed by atoms with Crippen molar-refractivity contribution < 1.29 is 62.0 Å². The summed E-state index contributed by atoms with van der Waals surface area (Å²) >= 11 is 0. The lowest BCUT2D eigenvalue weighted by molar-refractivity contribution is -0.326. The highest BCUT2D eigenvalue weighted by atomic mass is 16.7. The molecule has 5 heterocycles. The van der Waals surface area contributed by atoms with Gasteiger partial charge in [0, 0.05) is 38.3 Å². The molecule has 2 unspecified atom stereocenters. The number of fused-ring (bicyclic) bond motifs is 13. The van der Waals surface area contributed by atoms with Crippen molar-refractivity contribution in [3.63, 3.8) is 0 Å². The van der Waals surface area contributed by atoms with Crippen LogP contribution in [0.4, 0.5) is 0 Å². The van der Waals surface area contributed by atoms with Crippen LogP contribution in [-0.2, 0) is 70.1 Å². The van der Waals surface area contributed by atoms with E-state index in [9.17, 15) is 5.11 Å². The van der Waals surface area contributed by atoms with E-state index in [4.69, 9.17) is 57.1 Å². The summed E-state index contributed by atoms with van der Waals surface area (Å²) < 4.78 is 74.0. The first-order chi connectivity index (χ1) is 33.7. The zero-order chi connectivity index (χ0) is 51.7. The number of nitrogens with zero attached hydrogens (tertiary/aromatic N) is 2. The third-order valence-corrected chi connectivity index (χ3v) is 15.4. The van der Waals surface area contributed by atoms with Crippen molar-refractivity contribution in [3.8, 4) is 0 Å². The van der Waals surface area contributed by atoms with E-state index in [0.717, 1.165) is 16.8 Å². The lowest BCUT2D eigenvalue weighted by atomic mass is 9.76. The molecule has 2 bridgehead atoms. The molecular weight excluding hydrogens is 909 g/mol. The van der Waals surface area contributed by atoms with Gasteiger partial charge in [-0.15, -0.1) is 0 Å². The van der Waals surface area contributed by atoms with Crippen LogP contribution in [0, 0.1) is 17.8 Å². The second-order valence-electron chi connectivity index (χ2n) is 21.4. The van der Waals surface area contributed by atoms with E-state index in [-0.39, 0.29) is 44.1 Å². The number of esters is 1. The van der Waals surface area contributed by atoms with Gasteiger partial charge in [-0.05, 0) is 105 Å². The average Bonchev–Trinajstić information content (AvgIpc) is 3.33. The van der Waals surface area contributed by atoms with Crippen LogP contribution < -0.4 is 0 Å². The zero-order valence-electron chi connectivity index (χ0n) is 45.0. The Labute approximate surface area is 424 Å². The first kappa shape index (κ1) is 57.0. The highest BCUT2D eigenvalue weighted by Gasteiger charge is 2.54. The smallest absolute Gasteiger partial charge is 0.311 e. The molecule has 0 aromatic heterocycles. The Kier molecular flexibility index (Phi) is 20.3. The van der Waals surface area contributed by atoms with Crippen molar-refractivity contribution in [2.45, 2.75) is 198 Å². The molecule has 0 radical (unpaired) electrons. The molecule has 15 heteroatoms. The largest absolute Gasteiger partial charge is 0.493 e. The maximum Gasteiger partial charge on any atom is 0.311 e. The average molecular weight is 995 g/mol. The first-order valence-corrected chi connectivity index (χ1v) is 25.8. The summed E-state index contributed by atoms with van der Waals surface area (Å²) in [5.41, 5.74) is -0.866. The first-order valence-electron chi connectivity index (χ1n) is 25.8. The van der Waals surface area contributed by atoms with Crippen LogP contribution in [-0.4, -0.2) is 154 Å². The number of likely N-dealkylation sites (N-methyl/N-ethyl adjacent to an activating group) is 1. The van der Waals surface area contributed by atoms with Gasteiger partial charge in [-0.25, -0.2) is 0 Å². The Morgan fingerprint density at radius 2 is 1.46 bits per heavy atom. The van der Waals surface area contributed by atoms with Crippen LogP contribution in [0.25, 0.3) is 0 Å². The number of hydrogen-bond acceptors (Lipinski definition) is 15. The second kappa shape index (κ2) is 25.3. The predicted molar refractivity (Wildman–Crippen MR) is 271 cm³/mol. The van der Waals surface area contributed by atoms with Crippen LogP contribution in [0.5, 0.6) is 0 Å². The van der Waals surface area contributed by atoms with Crippen molar-refractivity contribution in [1.82, 2.24) is 4.90 Å². The van der Waals surface area contributed by atoms with Crippen molar-refractivity contribution in [1.29, 1.82) is 0 Å². The summed E-state index contributed by atoms with van der Waals surface area (Å²) in [4.78, 5) is 22.4. The number of rotatable bonds is 15. The molecule has 2 fully saturated rings. The van der Waals surface area contributed by atoms with E-state index >= 15 is 4.79 Å². The monoisotopic (exact) mass is 995 g/mol. The lowest BCUT2D eigenvalue weighted by Gasteiger charge is -2.50. The molecule has 0 spiro atoms. The van der Waals surface area contributed by atoms with Gasteiger partial charge in [0.1, 0.15) is 23.9 Å². The Morgan fingerprint density at radius 3 is 2.07 bits per heavy atom. The number of ether oxygens (including phenoxy) is 11. The van der Waals surface area contributed by atoms with Gasteiger partial charge in [0.2, 0.25) is 0 Å². The number of carbonyl (C=O) groups is 1. The standard InChI is InChI=1S/C56H86N2O13/c1-15-45-56(10,60)50-39(6)57-43(34-61-13)35(2)30-55(9,66-28-22-27-63-50)49(71-53-48(44(58(11)12)29-36(3)67-53)64-32-41-23-18-16-19-24-41)37(4)47(38(5)52(59)69-45)70-46-31-54(8,62-14)51(40(7)68-46)65-33-42-25-20-17-21-26-42/h16-27,35-40,44-51,53,60H,15,28-34H2,1-14H3/b27-22+,57-43?/t35-,36-,37+,38?,39-,40+,44+,45-,46+,47?,48-,49-,50-,51+,53+,54-,55-,56-/m1/s1. The highest BCUT2D eigenvalue weighted by Crippen LogP contribution is 2.43. The van der Waals surface area contributed by atoms with E-state index < -0.39 is 96.0 Å². The summed E-state index contributed by atoms with van der Waals surface area (Å²) in [7, 11) is 7.42. The van der Waals surface area contributed by atoms with Gasteiger partial charge < -0.3 is 62.1 Å². The molecule has 71 heavy (non-hydrogen) atoms. The number of benzene rings is 2. The van der Waals surface area contributed by atoms with Crippen molar-refractivity contribution in [2.24, 2.45) is 22.7 Å². The van der Waals surface area contributed by atoms with Crippen LogP contribution in [0.15, 0.2) is 78.0 Å². The SMILES string of the molecule is CC[C@H]1OC(=O)C(C)C(O[C@H]2C[C@@](C)(OC)[C@@H](OCc3ccccc3)[C@H](C)O2)[C@H](C)[C@@H](O[C@@H]2O[C@H](C)C[C@H](N(C)C)[C@H]2OCc2ccccc2)[C@@]2(C)C[C@@H](C)C(COC)=N[C@H](C)[C@@H](O/C=C/CO2)[C@]1(C)O. The molecule has 2 saturated heterocycles. The van der Waals surface area contributed by atoms with Gasteiger partial charge in [0.05, 0.1) is 80.3 Å². The fourth-order valence-corrected chi connectivity index (χ4v) is 11.4. The van der Waals surface area contributed by atoms with Gasteiger partial charge in [-0.3, -0.25) is 9.79 Å². The maximum absolute atomic E-state index is 15.0. The predicted octanol–water partition coefficient (Wildman–Crippen LogP) is 8.08. The molecule has 0 aliphatic carbocycles. The minimum absolute atomic E-state index is 0.0791. The van der Waals surface area contributed by atoms with Gasteiger partial charge in [0.25, 0.3) is 0 Å². The van der Waals surface area contributed by atoms with Gasteiger partial charge in [0.15, 0.2) is 18.7 Å². The molecule has 7 rings (SSSR count). The Hall–Kier alpha value is -3.32. The summed E-state index contributed by atoms with van der Waals surface area (Å²) in [5.74, 6) is -2.37. The molecule has 5 aliphatic rings. The van der Waals surface area contributed by atoms with E-state index in [0.29, 0.717) is 26.1 Å². The molecule has 0 amide bonds. The number of hydrogen-bond donors (Lipinski definition) is 1. The minimum atomic E-state index is -1.70. The minimum Gasteiger partial charge on any atom is -0.493 e. The van der Waals surface area contributed by atoms with E-state index in [1.165, 1.54) is 0 Å².